The van der Waals surface area contributed by atoms with Gasteiger partial charge in [0.25, 0.3) is 0 Å². The second-order valence-electron chi connectivity index (χ2n) is 7.35. The molecular formula is C25H22FNO3S. The number of carbonyl (C=O) groups excluding carboxylic acids is 2. The average Bonchev–Trinajstić information content (AvgIpc) is 3.20. The minimum atomic E-state index is -0.630. The summed E-state index contributed by atoms with van der Waals surface area (Å²) < 4.78 is 18.7. The van der Waals surface area contributed by atoms with Crippen LogP contribution in [0.1, 0.15) is 35.1 Å². The molecule has 158 valence electrons. The third-order valence-corrected chi connectivity index (χ3v) is 6.24. The molecule has 0 radical (unpaired) electrons. The smallest absolute Gasteiger partial charge is 0.417 e. The maximum Gasteiger partial charge on any atom is 0.417 e. The highest BCUT2D eigenvalue weighted by atomic mass is 32.2. The van der Waals surface area contributed by atoms with Gasteiger partial charge in [-0.3, -0.25) is 4.79 Å². The van der Waals surface area contributed by atoms with Gasteiger partial charge >= 0.3 is 6.09 Å². The first-order chi connectivity index (χ1) is 15.1. The molecule has 4 nitrogen and oxygen atoms in total. The SMILES string of the molecule is CSc1ccc([C@@H](CC(=O)N2C(=O)OC[C@H]2c2ccccc2)c2ccc(F)cc2)cc1. The maximum atomic E-state index is 13.5. The fourth-order valence-electron chi connectivity index (χ4n) is 3.85. The van der Waals surface area contributed by atoms with Crippen LogP contribution in [0.15, 0.2) is 83.8 Å². The summed E-state index contributed by atoms with van der Waals surface area (Å²) in [7, 11) is 0. The van der Waals surface area contributed by atoms with E-state index in [1.54, 1.807) is 23.9 Å². The average molecular weight is 436 g/mol. The number of hydrogen-bond donors (Lipinski definition) is 0. The van der Waals surface area contributed by atoms with Crippen molar-refractivity contribution in [2.45, 2.75) is 23.3 Å². The summed E-state index contributed by atoms with van der Waals surface area (Å²) in [5.74, 6) is -0.965. The van der Waals surface area contributed by atoms with Crippen LogP contribution >= 0.6 is 11.8 Å². The number of imide groups is 1. The van der Waals surface area contributed by atoms with Gasteiger partial charge in [-0.05, 0) is 47.2 Å². The van der Waals surface area contributed by atoms with E-state index >= 15 is 0 Å². The summed E-state index contributed by atoms with van der Waals surface area (Å²) in [5, 5.41) is 0. The Morgan fingerprint density at radius 1 is 1.03 bits per heavy atom. The van der Waals surface area contributed by atoms with E-state index in [9.17, 15) is 14.0 Å². The molecule has 0 unspecified atom stereocenters. The molecule has 3 aromatic rings. The molecule has 0 bridgehead atoms. The number of benzene rings is 3. The Labute approximate surface area is 185 Å². The van der Waals surface area contributed by atoms with Gasteiger partial charge in [-0.2, -0.15) is 0 Å². The highest BCUT2D eigenvalue weighted by Gasteiger charge is 2.39. The molecule has 2 amide bonds. The number of nitrogens with zero attached hydrogens (tertiary/aromatic N) is 1. The summed E-state index contributed by atoms with van der Waals surface area (Å²) in [6.45, 7) is 0.137. The number of hydrogen-bond acceptors (Lipinski definition) is 4. The predicted octanol–water partition coefficient (Wildman–Crippen LogP) is 5.79. The summed E-state index contributed by atoms with van der Waals surface area (Å²) in [6, 6.07) is 23.0. The molecule has 0 aromatic heterocycles. The van der Waals surface area contributed by atoms with Gasteiger partial charge in [-0.1, -0.05) is 54.6 Å². The highest BCUT2D eigenvalue weighted by molar-refractivity contribution is 7.98. The molecule has 6 heteroatoms. The molecule has 31 heavy (non-hydrogen) atoms. The second-order valence-corrected chi connectivity index (χ2v) is 8.23. The van der Waals surface area contributed by atoms with E-state index in [-0.39, 0.29) is 30.7 Å². The summed E-state index contributed by atoms with van der Waals surface area (Å²) >= 11 is 1.63. The molecule has 1 saturated heterocycles. The number of carbonyl (C=O) groups is 2. The lowest BCUT2D eigenvalue weighted by molar-refractivity contribution is -0.129. The van der Waals surface area contributed by atoms with Crippen LogP contribution in [0.4, 0.5) is 9.18 Å². The minimum absolute atomic E-state index is 0.0721. The molecule has 3 aromatic carbocycles. The van der Waals surface area contributed by atoms with Crippen molar-refractivity contribution in [3.8, 4) is 0 Å². The van der Waals surface area contributed by atoms with Gasteiger partial charge in [0.2, 0.25) is 5.91 Å². The van der Waals surface area contributed by atoms with E-state index in [0.29, 0.717) is 0 Å². The first kappa shape index (κ1) is 21.1. The summed E-state index contributed by atoms with van der Waals surface area (Å²) in [4.78, 5) is 28.1. The number of halogens is 1. The Morgan fingerprint density at radius 3 is 2.26 bits per heavy atom. The standard InChI is InChI=1S/C25H22FNO3S/c1-31-21-13-9-18(10-14-21)22(17-7-11-20(26)12-8-17)15-24(28)27-23(16-30-25(27)29)19-5-3-2-4-6-19/h2-14,22-23H,15-16H2,1H3/t22-,23-/m0/s1. The third-order valence-electron chi connectivity index (χ3n) is 5.50. The molecule has 0 N–H and O–H groups in total. The van der Waals surface area contributed by atoms with Crippen molar-refractivity contribution in [1.29, 1.82) is 0 Å². The Morgan fingerprint density at radius 2 is 1.65 bits per heavy atom. The van der Waals surface area contributed by atoms with Crippen molar-refractivity contribution in [1.82, 2.24) is 4.90 Å². The van der Waals surface area contributed by atoms with E-state index < -0.39 is 12.1 Å². The van der Waals surface area contributed by atoms with Gasteiger partial charge in [0.15, 0.2) is 0 Å². The lowest BCUT2D eigenvalue weighted by Crippen LogP contribution is -2.35. The zero-order chi connectivity index (χ0) is 21.8. The van der Waals surface area contributed by atoms with Crippen LogP contribution in [-0.2, 0) is 9.53 Å². The van der Waals surface area contributed by atoms with Crippen LogP contribution < -0.4 is 0 Å². The van der Waals surface area contributed by atoms with Gasteiger partial charge in [0.05, 0.1) is 0 Å². The van der Waals surface area contributed by atoms with Gasteiger partial charge in [-0.15, -0.1) is 11.8 Å². The van der Waals surface area contributed by atoms with E-state index in [2.05, 4.69) is 0 Å². The van der Waals surface area contributed by atoms with Crippen molar-refractivity contribution >= 4 is 23.8 Å². The number of thioether (sulfide) groups is 1. The predicted molar refractivity (Wildman–Crippen MR) is 118 cm³/mol. The Kier molecular flexibility index (Phi) is 6.37. The second kappa shape index (κ2) is 9.35. The summed E-state index contributed by atoms with van der Waals surface area (Å²) in [5.41, 5.74) is 2.60. The van der Waals surface area contributed by atoms with Crippen LogP contribution in [0.2, 0.25) is 0 Å². The van der Waals surface area contributed by atoms with Crippen LogP contribution in [-0.4, -0.2) is 29.8 Å². The lowest BCUT2D eigenvalue weighted by Gasteiger charge is -2.24. The fraction of sp³-hybridized carbons (Fsp3) is 0.200. The van der Waals surface area contributed by atoms with E-state index in [0.717, 1.165) is 21.6 Å². The number of ether oxygens (including phenoxy) is 1. The van der Waals surface area contributed by atoms with Crippen molar-refractivity contribution in [3.05, 3.63) is 101 Å². The number of amides is 2. The first-order valence-corrected chi connectivity index (χ1v) is 11.2. The molecule has 1 heterocycles. The van der Waals surface area contributed by atoms with Crippen molar-refractivity contribution in [2.24, 2.45) is 0 Å². The van der Waals surface area contributed by atoms with Crippen molar-refractivity contribution < 1.29 is 18.7 Å². The minimum Gasteiger partial charge on any atom is -0.446 e. The zero-order valence-electron chi connectivity index (χ0n) is 17.0. The van der Waals surface area contributed by atoms with Gasteiger partial charge in [0, 0.05) is 17.2 Å². The van der Waals surface area contributed by atoms with Crippen LogP contribution in [0.3, 0.4) is 0 Å². The van der Waals surface area contributed by atoms with Crippen molar-refractivity contribution in [2.75, 3.05) is 12.9 Å². The van der Waals surface area contributed by atoms with Gasteiger partial charge in [0.1, 0.15) is 18.5 Å². The topological polar surface area (TPSA) is 46.6 Å². The van der Waals surface area contributed by atoms with Crippen LogP contribution in [0, 0.1) is 5.82 Å². The number of cyclic esters (lactones) is 1. The molecule has 1 aliphatic heterocycles. The highest BCUT2D eigenvalue weighted by Crippen LogP contribution is 2.34. The molecule has 1 fully saturated rings. The van der Waals surface area contributed by atoms with Gasteiger partial charge < -0.3 is 4.74 Å². The zero-order valence-corrected chi connectivity index (χ0v) is 17.8. The van der Waals surface area contributed by atoms with E-state index in [1.165, 1.54) is 17.0 Å². The van der Waals surface area contributed by atoms with E-state index in [1.807, 2.05) is 60.9 Å². The fourth-order valence-corrected chi connectivity index (χ4v) is 4.26. The van der Waals surface area contributed by atoms with Crippen LogP contribution in [0.5, 0.6) is 0 Å². The van der Waals surface area contributed by atoms with Crippen LogP contribution in [0.25, 0.3) is 0 Å². The van der Waals surface area contributed by atoms with Gasteiger partial charge in [-0.25, -0.2) is 14.1 Å². The maximum absolute atomic E-state index is 13.5. The molecule has 0 saturated carbocycles. The normalized spacial score (nSPS) is 16.8. The van der Waals surface area contributed by atoms with E-state index in [4.69, 9.17) is 4.74 Å². The summed E-state index contributed by atoms with van der Waals surface area (Å²) in [6.07, 6.45) is 1.44. The number of rotatable bonds is 6. The molecule has 0 aliphatic carbocycles. The molecular weight excluding hydrogens is 413 g/mol. The molecule has 2 atom stereocenters. The first-order valence-electron chi connectivity index (χ1n) is 10.00. The molecule has 0 spiro atoms. The quantitative estimate of drug-likeness (QED) is 0.460. The largest absolute Gasteiger partial charge is 0.446 e. The monoisotopic (exact) mass is 435 g/mol. The third kappa shape index (κ3) is 4.64. The molecule has 4 rings (SSSR count). The Bertz CT molecular complexity index is 1050. The Hall–Kier alpha value is -3.12. The lowest BCUT2D eigenvalue weighted by atomic mass is 9.88. The Balaban J connectivity index is 1.64. The molecule has 1 aliphatic rings. The van der Waals surface area contributed by atoms with Crippen molar-refractivity contribution in [3.63, 3.8) is 0 Å².